The van der Waals surface area contributed by atoms with Gasteiger partial charge in [-0.3, -0.25) is 4.79 Å². The Morgan fingerprint density at radius 3 is 2.54 bits per heavy atom. The van der Waals surface area contributed by atoms with Gasteiger partial charge in [-0.05, 0) is 67.1 Å². The normalized spacial score (nSPS) is 14.5. The average Bonchev–Trinajstić information content (AvgIpc) is 3.35. The lowest BCUT2D eigenvalue weighted by Crippen LogP contribution is -2.31. The molecule has 9 heteroatoms. The van der Waals surface area contributed by atoms with Gasteiger partial charge in [0.05, 0.1) is 12.2 Å². The fourth-order valence-corrected chi connectivity index (χ4v) is 5.43. The molecule has 0 fully saturated rings. The summed E-state index contributed by atoms with van der Waals surface area (Å²) in [5.41, 5.74) is 4.38. The van der Waals surface area contributed by atoms with E-state index in [9.17, 15) is 9.18 Å². The number of benzene rings is 3. The van der Waals surface area contributed by atoms with Crippen LogP contribution in [0.15, 0.2) is 89.2 Å². The molecule has 212 valence electrons. The summed E-state index contributed by atoms with van der Waals surface area (Å²) in [7, 11) is 0. The fourth-order valence-electron chi connectivity index (χ4n) is 4.61. The number of nitrogens with one attached hydrogen (secondary N) is 2. The van der Waals surface area contributed by atoms with Gasteiger partial charge < -0.3 is 15.4 Å². The van der Waals surface area contributed by atoms with Crippen molar-refractivity contribution in [1.29, 1.82) is 0 Å². The largest absolute Gasteiger partial charge is 0.494 e. The van der Waals surface area contributed by atoms with Crippen LogP contribution in [0.25, 0.3) is 0 Å². The Balaban J connectivity index is 1.46. The SMILES string of the molecule is CC1=C(C(=O)Nc2ccccc2C)C(c2ccc(OCCC(C)C)cc2)n2nc(SCc3ccccc3F)nc2N1. The van der Waals surface area contributed by atoms with Gasteiger partial charge in [-0.25, -0.2) is 9.07 Å². The molecule has 4 aromatic rings. The zero-order valence-electron chi connectivity index (χ0n) is 23.6. The number of para-hydroxylation sites is 1. The number of carbonyl (C=O) groups excluding carboxylic acids is 1. The number of allylic oxidation sites excluding steroid dienone is 1. The van der Waals surface area contributed by atoms with Crippen LogP contribution in [0.3, 0.4) is 0 Å². The van der Waals surface area contributed by atoms with Crippen molar-refractivity contribution >= 4 is 29.3 Å². The molecular weight excluding hydrogens is 537 g/mol. The first-order chi connectivity index (χ1) is 19.8. The number of halogens is 1. The summed E-state index contributed by atoms with van der Waals surface area (Å²) in [6.45, 7) is 8.80. The third-order valence-electron chi connectivity index (χ3n) is 6.95. The van der Waals surface area contributed by atoms with Gasteiger partial charge >= 0.3 is 0 Å². The molecule has 2 heterocycles. The van der Waals surface area contributed by atoms with E-state index in [2.05, 4.69) is 29.5 Å². The van der Waals surface area contributed by atoms with Crippen molar-refractivity contribution < 1.29 is 13.9 Å². The molecule has 1 aliphatic heterocycles. The number of rotatable bonds is 10. The summed E-state index contributed by atoms with van der Waals surface area (Å²) < 4.78 is 21.9. The summed E-state index contributed by atoms with van der Waals surface area (Å²) in [4.78, 5) is 18.5. The quantitative estimate of drug-likeness (QED) is 0.194. The van der Waals surface area contributed by atoms with Gasteiger partial charge in [-0.15, -0.1) is 5.10 Å². The zero-order chi connectivity index (χ0) is 28.9. The maximum atomic E-state index is 14.2. The third-order valence-corrected chi connectivity index (χ3v) is 7.83. The number of anilines is 2. The maximum absolute atomic E-state index is 14.2. The van der Waals surface area contributed by atoms with E-state index in [0.29, 0.717) is 46.2 Å². The Morgan fingerprint density at radius 2 is 1.80 bits per heavy atom. The smallest absolute Gasteiger partial charge is 0.255 e. The average molecular weight is 572 g/mol. The molecule has 1 unspecified atom stereocenters. The Bertz CT molecular complexity index is 1560. The highest BCUT2D eigenvalue weighted by Crippen LogP contribution is 2.38. The first-order valence-electron chi connectivity index (χ1n) is 13.7. The molecule has 0 bridgehead atoms. The number of fused-ring (bicyclic) bond motifs is 1. The predicted octanol–water partition coefficient (Wildman–Crippen LogP) is 7.37. The van der Waals surface area contributed by atoms with Crippen LogP contribution in [0.1, 0.15) is 49.9 Å². The summed E-state index contributed by atoms with van der Waals surface area (Å²) in [5, 5.41) is 11.6. The third kappa shape index (κ3) is 6.62. The van der Waals surface area contributed by atoms with Crippen LogP contribution < -0.4 is 15.4 Å². The molecule has 2 N–H and O–H groups in total. The lowest BCUT2D eigenvalue weighted by atomic mass is 9.95. The highest BCUT2D eigenvalue weighted by molar-refractivity contribution is 7.98. The molecular formula is C32H34FN5O2S. The summed E-state index contributed by atoms with van der Waals surface area (Å²) in [6, 6.07) is 21.6. The lowest BCUT2D eigenvalue weighted by Gasteiger charge is -2.29. The van der Waals surface area contributed by atoms with Gasteiger partial charge in [0.15, 0.2) is 0 Å². The van der Waals surface area contributed by atoms with E-state index in [-0.39, 0.29) is 11.7 Å². The fraction of sp³-hybridized carbons (Fsp3) is 0.281. The molecule has 1 aromatic heterocycles. The second-order valence-electron chi connectivity index (χ2n) is 10.5. The molecule has 3 aromatic carbocycles. The summed E-state index contributed by atoms with van der Waals surface area (Å²) in [6.07, 6.45) is 0.969. The Labute approximate surface area is 244 Å². The molecule has 1 amide bonds. The number of aromatic nitrogens is 3. The first-order valence-corrected chi connectivity index (χ1v) is 14.7. The van der Waals surface area contributed by atoms with Crippen LogP contribution in [0.2, 0.25) is 0 Å². The van der Waals surface area contributed by atoms with Crippen LogP contribution in [-0.2, 0) is 10.5 Å². The van der Waals surface area contributed by atoms with E-state index < -0.39 is 6.04 Å². The van der Waals surface area contributed by atoms with Crippen molar-refractivity contribution in [1.82, 2.24) is 14.8 Å². The van der Waals surface area contributed by atoms with Gasteiger partial charge in [0.1, 0.15) is 17.6 Å². The topological polar surface area (TPSA) is 81.1 Å². The number of thioether (sulfide) groups is 1. The molecule has 0 spiro atoms. The van der Waals surface area contributed by atoms with Crippen molar-refractivity contribution in [3.8, 4) is 5.75 Å². The van der Waals surface area contributed by atoms with Crippen molar-refractivity contribution in [3.05, 3.63) is 107 Å². The van der Waals surface area contributed by atoms with Gasteiger partial charge in [0.2, 0.25) is 11.1 Å². The molecule has 0 saturated carbocycles. The summed E-state index contributed by atoms with van der Waals surface area (Å²) in [5.74, 6) is 1.75. The van der Waals surface area contributed by atoms with Crippen molar-refractivity contribution in [2.45, 2.75) is 51.1 Å². The Hall–Kier alpha value is -4.11. The van der Waals surface area contributed by atoms with Crippen LogP contribution in [0.5, 0.6) is 5.75 Å². The van der Waals surface area contributed by atoms with Crippen LogP contribution in [0.4, 0.5) is 16.0 Å². The van der Waals surface area contributed by atoms with Gasteiger partial charge in [-0.2, -0.15) is 4.98 Å². The van der Waals surface area contributed by atoms with Crippen molar-refractivity contribution in [3.63, 3.8) is 0 Å². The standard InChI is InChI=1S/C32H34FN5O2S/c1-20(2)17-18-40-25-15-13-23(14-16-25)29-28(30(39)35-27-12-8-5-9-21(27)3)22(4)34-31-36-32(37-38(29)31)41-19-24-10-6-7-11-26(24)33/h5-16,20,29H,17-19H2,1-4H3,(H,35,39)(H,34,36,37). The Kier molecular flexibility index (Phi) is 8.73. The highest BCUT2D eigenvalue weighted by atomic mass is 32.2. The maximum Gasteiger partial charge on any atom is 0.255 e. The number of ether oxygens (including phenoxy) is 1. The van der Waals surface area contributed by atoms with Gasteiger partial charge in [0, 0.05) is 17.1 Å². The number of hydrogen-bond acceptors (Lipinski definition) is 6. The molecule has 0 aliphatic carbocycles. The number of nitrogens with zero attached hydrogens (tertiary/aromatic N) is 3. The second kappa shape index (κ2) is 12.6. The second-order valence-corrected chi connectivity index (χ2v) is 11.4. The number of aryl methyl sites for hydroxylation is 1. The molecule has 1 aliphatic rings. The number of amides is 1. The first kappa shape index (κ1) is 28.4. The van der Waals surface area contributed by atoms with Crippen LogP contribution >= 0.6 is 11.8 Å². The Morgan fingerprint density at radius 1 is 1.07 bits per heavy atom. The van der Waals surface area contributed by atoms with E-state index in [0.717, 1.165) is 29.0 Å². The minimum absolute atomic E-state index is 0.228. The monoisotopic (exact) mass is 571 g/mol. The van der Waals surface area contributed by atoms with Crippen molar-refractivity contribution in [2.75, 3.05) is 17.2 Å². The highest BCUT2D eigenvalue weighted by Gasteiger charge is 2.34. The van der Waals surface area contributed by atoms with E-state index in [1.807, 2.05) is 68.4 Å². The number of carbonyl (C=O) groups is 1. The van der Waals surface area contributed by atoms with E-state index in [1.165, 1.54) is 17.8 Å². The van der Waals surface area contributed by atoms with Gasteiger partial charge in [-0.1, -0.05) is 74.1 Å². The molecule has 7 nitrogen and oxygen atoms in total. The van der Waals surface area contributed by atoms with E-state index in [4.69, 9.17) is 9.84 Å². The minimum atomic E-state index is -0.532. The number of hydrogen-bond donors (Lipinski definition) is 2. The zero-order valence-corrected chi connectivity index (χ0v) is 24.5. The predicted molar refractivity (Wildman–Crippen MR) is 162 cm³/mol. The van der Waals surface area contributed by atoms with E-state index in [1.54, 1.807) is 16.8 Å². The molecule has 0 saturated heterocycles. The van der Waals surface area contributed by atoms with Crippen LogP contribution in [-0.4, -0.2) is 27.3 Å². The summed E-state index contributed by atoms with van der Waals surface area (Å²) >= 11 is 1.35. The van der Waals surface area contributed by atoms with Crippen LogP contribution in [0, 0.1) is 18.7 Å². The van der Waals surface area contributed by atoms with Crippen molar-refractivity contribution in [2.24, 2.45) is 5.92 Å². The molecule has 0 radical (unpaired) electrons. The molecule has 1 atom stereocenters. The minimum Gasteiger partial charge on any atom is -0.494 e. The molecule has 41 heavy (non-hydrogen) atoms. The molecule has 5 rings (SSSR count). The lowest BCUT2D eigenvalue weighted by molar-refractivity contribution is -0.113. The van der Waals surface area contributed by atoms with Gasteiger partial charge in [0.25, 0.3) is 5.91 Å². The van der Waals surface area contributed by atoms with E-state index >= 15 is 0 Å².